The second-order valence-corrected chi connectivity index (χ2v) is 4.65. The lowest BCUT2D eigenvalue weighted by Crippen LogP contribution is -2.43. The molecule has 0 bridgehead atoms. The number of aliphatic carboxylic acids is 1. The number of carboxylic acid groups (broad SMARTS) is 1. The predicted molar refractivity (Wildman–Crippen MR) is 77.6 cm³/mol. The van der Waals surface area contributed by atoms with E-state index in [4.69, 9.17) is 14.6 Å². The first kappa shape index (κ1) is 16.8. The minimum absolute atomic E-state index is 0.0997. The number of amides is 1. The van der Waals surface area contributed by atoms with Gasteiger partial charge in [-0.1, -0.05) is 6.92 Å². The molecule has 1 aromatic rings. The van der Waals surface area contributed by atoms with Crippen molar-refractivity contribution in [2.45, 2.75) is 38.8 Å². The van der Waals surface area contributed by atoms with E-state index < -0.39 is 18.1 Å². The van der Waals surface area contributed by atoms with Gasteiger partial charge in [0, 0.05) is 6.04 Å². The van der Waals surface area contributed by atoms with Crippen molar-refractivity contribution < 1.29 is 24.2 Å². The van der Waals surface area contributed by atoms with Gasteiger partial charge in [0.2, 0.25) is 0 Å². The van der Waals surface area contributed by atoms with E-state index in [-0.39, 0.29) is 12.3 Å². The summed E-state index contributed by atoms with van der Waals surface area (Å²) in [5.41, 5.74) is 0. The van der Waals surface area contributed by atoms with Gasteiger partial charge in [-0.05, 0) is 37.6 Å². The van der Waals surface area contributed by atoms with Crippen molar-refractivity contribution in [3.8, 4) is 11.5 Å². The van der Waals surface area contributed by atoms with Crippen LogP contribution < -0.4 is 14.8 Å². The molecule has 0 aromatic heterocycles. The van der Waals surface area contributed by atoms with E-state index in [0.717, 1.165) is 0 Å². The summed E-state index contributed by atoms with van der Waals surface area (Å²) in [5, 5.41) is 11.4. The van der Waals surface area contributed by atoms with Gasteiger partial charge < -0.3 is 19.9 Å². The monoisotopic (exact) mass is 295 g/mol. The summed E-state index contributed by atoms with van der Waals surface area (Å²) in [6.07, 6.45) is -0.258. The molecule has 1 amide bonds. The zero-order valence-electron chi connectivity index (χ0n) is 12.5. The van der Waals surface area contributed by atoms with Crippen molar-refractivity contribution in [3.63, 3.8) is 0 Å². The normalized spacial score (nSPS) is 13.1. The highest BCUT2D eigenvalue weighted by molar-refractivity contribution is 5.81. The quantitative estimate of drug-likeness (QED) is 0.764. The number of carboxylic acids is 1. The molecule has 0 saturated carbocycles. The lowest BCUT2D eigenvalue weighted by Gasteiger charge is -2.19. The number of hydrogen-bond acceptors (Lipinski definition) is 4. The number of benzene rings is 1. The van der Waals surface area contributed by atoms with Gasteiger partial charge in [-0.15, -0.1) is 0 Å². The molecule has 0 heterocycles. The number of nitrogens with one attached hydrogen (secondary N) is 1. The zero-order valence-corrected chi connectivity index (χ0v) is 12.5. The van der Waals surface area contributed by atoms with Crippen LogP contribution in [0.1, 0.15) is 26.7 Å². The summed E-state index contributed by atoms with van der Waals surface area (Å²) >= 11 is 0. The van der Waals surface area contributed by atoms with E-state index >= 15 is 0 Å². The lowest BCUT2D eigenvalue weighted by atomic mass is 10.1. The van der Waals surface area contributed by atoms with Crippen LogP contribution in [0.5, 0.6) is 11.5 Å². The van der Waals surface area contributed by atoms with Gasteiger partial charge in [-0.2, -0.15) is 0 Å². The highest BCUT2D eigenvalue weighted by Crippen LogP contribution is 2.18. The fourth-order valence-electron chi connectivity index (χ4n) is 1.74. The van der Waals surface area contributed by atoms with Crippen LogP contribution >= 0.6 is 0 Å². The molecular weight excluding hydrogens is 274 g/mol. The second-order valence-electron chi connectivity index (χ2n) is 4.65. The number of rotatable bonds is 8. The third-order valence-electron chi connectivity index (χ3n) is 3.00. The van der Waals surface area contributed by atoms with Crippen molar-refractivity contribution in [1.29, 1.82) is 0 Å². The molecule has 0 aliphatic rings. The van der Waals surface area contributed by atoms with Gasteiger partial charge in [0.25, 0.3) is 5.91 Å². The standard InChI is InChI=1S/C15H21NO5/c1-4-11(9-14(17)18)16-15(19)10(2)21-13-7-5-12(20-3)6-8-13/h5-8,10-11H,4,9H2,1-3H3,(H,16,19)(H,17,18). The first-order chi connectivity index (χ1) is 9.96. The SMILES string of the molecule is CCC(CC(=O)O)NC(=O)C(C)Oc1ccc(OC)cc1. The molecule has 0 aliphatic heterocycles. The third-order valence-corrected chi connectivity index (χ3v) is 3.00. The van der Waals surface area contributed by atoms with E-state index in [1.54, 1.807) is 38.3 Å². The first-order valence-corrected chi connectivity index (χ1v) is 6.79. The molecule has 6 heteroatoms. The minimum Gasteiger partial charge on any atom is -0.497 e. The fourth-order valence-corrected chi connectivity index (χ4v) is 1.74. The van der Waals surface area contributed by atoms with E-state index in [1.807, 2.05) is 6.92 Å². The molecule has 2 unspecified atom stereocenters. The number of methoxy groups -OCH3 is 1. The molecule has 2 N–H and O–H groups in total. The molecule has 0 fully saturated rings. The summed E-state index contributed by atoms with van der Waals surface area (Å²) in [5.74, 6) is -0.0264. The summed E-state index contributed by atoms with van der Waals surface area (Å²) < 4.78 is 10.5. The zero-order chi connectivity index (χ0) is 15.8. The first-order valence-electron chi connectivity index (χ1n) is 6.79. The van der Waals surface area contributed by atoms with E-state index in [2.05, 4.69) is 5.32 Å². The summed E-state index contributed by atoms with van der Waals surface area (Å²) in [6, 6.07) is 6.49. The Hall–Kier alpha value is -2.24. The van der Waals surface area contributed by atoms with E-state index in [9.17, 15) is 9.59 Å². The summed E-state index contributed by atoms with van der Waals surface area (Å²) in [6.45, 7) is 3.44. The van der Waals surface area contributed by atoms with Crippen molar-refractivity contribution in [3.05, 3.63) is 24.3 Å². The highest BCUT2D eigenvalue weighted by Gasteiger charge is 2.19. The average molecular weight is 295 g/mol. The Bertz CT molecular complexity index is 471. The Labute approximate surface area is 124 Å². The maximum Gasteiger partial charge on any atom is 0.305 e. The van der Waals surface area contributed by atoms with Crippen LogP contribution in [0, 0.1) is 0 Å². The third kappa shape index (κ3) is 5.72. The summed E-state index contributed by atoms with van der Waals surface area (Å²) in [4.78, 5) is 22.6. The molecule has 0 spiro atoms. The van der Waals surface area contributed by atoms with Gasteiger partial charge in [0.1, 0.15) is 11.5 Å². The Kier molecular flexibility index (Phi) is 6.52. The van der Waals surface area contributed by atoms with Crippen LogP contribution in [0.25, 0.3) is 0 Å². The lowest BCUT2D eigenvalue weighted by molar-refractivity contribution is -0.138. The summed E-state index contributed by atoms with van der Waals surface area (Å²) in [7, 11) is 1.57. The van der Waals surface area contributed by atoms with E-state index in [0.29, 0.717) is 17.9 Å². The molecule has 2 atom stereocenters. The van der Waals surface area contributed by atoms with E-state index in [1.165, 1.54) is 0 Å². The molecule has 0 saturated heterocycles. The van der Waals surface area contributed by atoms with Crippen LogP contribution in [-0.2, 0) is 9.59 Å². The molecule has 116 valence electrons. The molecule has 0 aliphatic carbocycles. The number of carbonyl (C=O) groups is 2. The van der Waals surface area contributed by atoms with Crippen molar-refractivity contribution >= 4 is 11.9 Å². The highest BCUT2D eigenvalue weighted by atomic mass is 16.5. The molecule has 1 aromatic carbocycles. The van der Waals surface area contributed by atoms with Gasteiger partial charge in [0.05, 0.1) is 13.5 Å². The predicted octanol–water partition coefficient (Wildman–Crippen LogP) is 1.83. The van der Waals surface area contributed by atoms with Crippen LogP contribution in [0.3, 0.4) is 0 Å². The maximum absolute atomic E-state index is 12.0. The van der Waals surface area contributed by atoms with Crippen LogP contribution in [0.2, 0.25) is 0 Å². The molecule has 1 rings (SSSR count). The van der Waals surface area contributed by atoms with Crippen LogP contribution in [0.15, 0.2) is 24.3 Å². The van der Waals surface area contributed by atoms with Gasteiger partial charge >= 0.3 is 5.97 Å². The van der Waals surface area contributed by atoms with Crippen molar-refractivity contribution in [2.24, 2.45) is 0 Å². The maximum atomic E-state index is 12.0. The average Bonchev–Trinajstić information content (AvgIpc) is 2.46. The number of ether oxygens (including phenoxy) is 2. The van der Waals surface area contributed by atoms with Crippen molar-refractivity contribution in [2.75, 3.05) is 7.11 Å². The Balaban J connectivity index is 2.54. The topological polar surface area (TPSA) is 84.9 Å². The Morgan fingerprint density at radius 1 is 1.24 bits per heavy atom. The van der Waals surface area contributed by atoms with Crippen molar-refractivity contribution in [1.82, 2.24) is 5.32 Å². The fraction of sp³-hybridized carbons (Fsp3) is 0.467. The molecule has 21 heavy (non-hydrogen) atoms. The second kappa shape index (κ2) is 8.14. The largest absolute Gasteiger partial charge is 0.497 e. The Morgan fingerprint density at radius 3 is 2.29 bits per heavy atom. The van der Waals surface area contributed by atoms with Gasteiger partial charge in [-0.25, -0.2) is 0 Å². The molecule has 6 nitrogen and oxygen atoms in total. The minimum atomic E-state index is -0.939. The molecular formula is C15H21NO5. The Morgan fingerprint density at radius 2 is 1.81 bits per heavy atom. The number of hydrogen-bond donors (Lipinski definition) is 2. The number of carbonyl (C=O) groups excluding carboxylic acids is 1. The smallest absolute Gasteiger partial charge is 0.305 e. The van der Waals surface area contributed by atoms with Crippen LogP contribution in [0.4, 0.5) is 0 Å². The van der Waals surface area contributed by atoms with Gasteiger partial charge in [0.15, 0.2) is 6.10 Å². The van der Waals surface area contributed by atoms with Crippen LogP contribution in [-0.4, -0.2) is 36.2 Å². The molecule has 0 radical (unpaired) electrons. The van der Waals surface area contributed by atoms with Gasteiger partial charge in [-0.3, -0.25) is 9.59 Å².